The molecule has 0 unspecified atom stereocenters. The molecule has 0 aliphatic carbocycles. The van der Waals surface area contributed by atoms with E-state index >= 15 is 0 Å². The van der Waals surface area contributed by atoms with Gasteiger partial charge in [-0.2, -0.15) is 0 Å². The Morgan fingerprint density at radius 3 is 2.28 bits per heavy atom. The fourth-order valence-electron chi connectivity index (χ4n) is 3.10. The number of hydrogen-bond acceptors (Lipinski definition) is 7. The van der Waals surface area contributed by atoms with Crippen LogP contribution in [-0.2, 0) is 0 Å². The molecule has 0 fully saturated rings. The van der Waals surface area contributed by atoms with Crippen LogP contribution in [0.4, 0.5) is 0 Å². The summed E-state index contributed by atoms with van der Waals surface area (Å²) in [5, 5.41) is 0. The Morgan fingerprint density at radius 1 is 0.812 bits per heavy atom. The Kier molecular flexibility index (Phi) is 6.07. The molecule has 3 aromatic carbocycles. The Morgan fingerprint density at radius 2 is 1.53 bits per heavy atom. The Labute approximate surface area is 184 Å². The first-order valence-corrected chi connectivity index (χ1v) is 9.73. The van der Waals surface area contributed by atoms with Crippen LogP contribution in [-0.4, -0.2) is 32.8 Å². The predicted octanol–water partition coefficient (Wildman–Crippen LogP) is 4.55. The van der Waals surface area contributed by atoms with Crippen molar-refractivity contribution < 1.29 is 33.3 Å². The number of fused-ring (bicyclic) bond motifs is 1. The molecule has 7 heteroatoms. The van der Waals surface area contributed by atoms with E-state index in [1.807, 2.05) is 6.07 Å². The van der Waals surface area contributed by atoms with Crippen molar-refractivity contribution in [1.82, 2.24) is 0 Å². The van der Waals surface area contributed by atoms with Crippen molar-refractivity contribution in [3.05, 3.63) is 83.4 Å². The Balaban J connectivity index is 1.40. The Hall–Kier alpha value is -4.26. The van der Waals surface area contributed by atoms with Crippen LogP contribution >= 0.6 is 0 Å². The molecular weight excluding hydrogens is 412 g/mol. The summed E-state index contributed by atoms with van der Waals surface area (Å²) in [5.74, 6) is 1.89. The summed E-state index contributed by atoms with van der Waals surface area (Å²) >= 11 is 0. The summed E-state index contributed by atoms with van der Waals surface area (Å²) in [6.45, 7) is 0.129. The fourth-order valence-corrected chi connectivity index (χ4v) is 3.10. The molecule has 0 N–H and O–H groups in total. The number of allylic oxidation sites excluding steroid dienone is 1. The highest BCUT2D eigenvalue weighted by Crippen LogP contribution is 2.33. The lowest BCUT2D eigenvalue weighted by Gasteiger charge is -2.07. The monoisotopic (exact) mass is 432 g/mol. The summed E-state index contributed by atoms with van der Waals surface area (Å²) in [5.41, 5.74) is 1.60. The van der Waals surface area contributed by atoms with Gasteiger partial charge in [-0.1, -0.05) is 12.1 Å². The van der Waals surface area contributed by atoms with Crippen LogP contribution in [0.2, 0.25) is 0 Å². The van der Waals surface area contributed by atoms with Crippen LogP contribution in [0, 0.1) is 0 Å². The molecule has 0 spiro atoms. The predicted molar refractivity (Wildman–Crippen MR) is 117 cm³/mol. The van der Waals surface area contributed by atoms with Crippen molar-refractivity contribution in [3.63, 3.8) is 0 Å². The molecule has 162 valence electrons. The quantitative estimate of drug-likeness (QED) is 0.235. The number of hydrogen-bond donors (Lipinski definition) is 0. The minimum atomic E-state index is -0.532. The van der Waals surface area contributed by atoms with Crippen LogP contribution in [0.1, 0.15) is 26.3 Å². The third-order valence-electron chi connectivity index (χ3n) is 4.79. The molecule has 4 rings (SSSR count). The van der Waals surface area contributed by atoms with Crippen molar-refractivity contribution in [2.75, 3.05) is 21.0 Å². The molecule has 3 aromatic rings. The topological polar surface area (TPSA) is 80.3 Å². The molecule has 0 atom stereocenters. The second-order valence-electron chi connectivity index (χ2n) is 6.79. The SMILES string of the molecule is COc1ccc(C=CC(=O)c2ccc(OC(=O)c3ccc4c(c3)OCO4)cc2)cc1OC. The molecule has 32 heavy (non-hydrogen) atoms. The normalized spacial score (nSPS) is 11.9. The number of carbonyl (C=O) groups is 2. The summed E-state index contributed by atoms with van der Waals surface area (Å²) in [6.07, 6.45) is 3.16. The van der Waals surface area contributed by atoms with Gasteiger partial charge in [0.15, 0.2) is 28.8 Å². The van der Waals surface area contributed by atoms with E-state index in [1.54, 1.807) is 74.9 Å². The van der Waals surface area contributed by atoms with E-state index in [-0.39, 0.29) is 12.6 Å². The molecule has 0 bridgehead atoms. The number of rotatable bonds is 7. The van der Waals surface area contributed by atoms with Gasteiger partial charge in [-0.3, -0.25) is 4.79 Å². The zero-order valence-electron chi connectivity index (χ0n) is 17.5. The van der Waals surface area contributed by atoms with Gasteiger partial charge in [-0.05, 0) is 66.2 Å². The van der Waals surface area contributed by atoms with E-state index < -0.39 is 5.97 Å². The maximum Gasteiger partial charge on any atom is 0.343 e. The lowest BCUT2D eigenvalue weighted by molar-refractivity contribution is 0.0734. The summed E-state index contributed by atoms with van der Waals surface area (Å²) in [4.78, 5) is 24.9. The maximum absolute atomic E-state index is 12.5. The second-order valence-corrected chi connectivity index (χ2v) is 6.79. The van der Waals surface area contributed by atoms with Gasteiger partial charge in [0.2, 0.25) is 6.79 Å². The third-order valence-corrected chi connectivity index (χ3v) is 4.79. The minimum Gasteiger partial charge on any atom is -0.493 e. The number of ketones is 1. The highest BCUT2D eigenvalue weighted by Gasteiger charge is 2.17. The van der Waals surface area contributed by atoms with Crippen LogP contribution < -0.4 is 23.7 Å². The van der Waals surface area contributed by atoms with Crippen molar-refractivity contribution in [2.24, 2.45) is 0 Å². The minimum absolute atomic E-state index is 0.129. The van der Waals surface area contributed by atoms with Crippen LogP contribution in [0.25, 0.3) is 6.08 Å². The molecule has 1 aliphatic heterocycles. The zero-order valence-corrected chi connectivity index (χ0v) is 17.5. The van der Waals surface area contributed by atoms with Gasteiger partial charge in [0, 0.05) is 5.56 Å². The van der Waals surface area contributed by atoms with Gasteiger partial charge >= 0.3 is 5.97 Å². The van der Waals surface area contributed by atoms with Crippen molar-refractivity contribution in [2.45, 2.75) is 0 Å². The molecule has 7 nitrogen and oxygen atoms in total. The first-order valence-electron chi connectivity index (χ1n) is 9.73. The van der Waals surface area contributed by atoms with E-state index in [2.05, 4.69) is 0 Å². The van der Waals surface area contributed by atoms with E-state index in [4.69, 9.17) is 23.7 Å². The number of benzene rings is 3. The maximum atomic E-state index is 12.5. The van der Waals surface area contributed by atoms with Crippen LogP contribution in [0.3, 0.4) is 0 Å². The smallest absolute Gasteiger partial charge is 0.343 e. The average molecular weight is 432 g/mol. The van der Waals surface area contributed by atoms with Gasteiger partial charge in [0.25, 0.3) is 0 Å². The van der Waals surface area contributed by atoms with Crippen LogP contribution in [0.15, 0.2) is 66.7 Å². The van der Waals surface area contributed by atoms with E-state index in [1.165, 1.54) is 6.08 Å². The lowest BCUT2D eigenvalue weighted by Crippen LogP contribution is -2.08. The largest absolute Gasteiger partial charge is 0.493 e. The molecule has 1 heterocycles. The number of methoxy groups -OCH3 is 2. The standard InChI is InChI=1S/C25H20O7/c1-28-21-11-4-16(13-23(21)29-2)3-10-20(26)17-5-8-19(9-6-17)32-25(27)18-7-12-22-24(14-18)31-15-30-22/h3-14H,15H2,1-2H3. The van der Waals surface area contributed by atoms with E-state index in [9.17, 15) is 9.59 Å². The summed E-state index contributed by atoms with van der Waals surface area (Å²) < 4.78 is 26.4. The molecule has 0 saturated carbocycles. The molecule has 0 saturated heterocycles. The number of esters is 1. The van der Waals surface area contributed by atoms with Gasteiger partial charge in [-0.25, -0.2) is 4.79 Å². The van der Waals surface area contributed by atoms with E-state index in [0.29, 0.717) is 39.9 Å². The van der Waals surface area contributed by atoms with Crippen LogP contribution in [0.5, 0.6) is 28.7 Å². The molecule has 0 aromatic heterocycles. The Bertz CT molecular complexity index is 1180. The fraction of sp³-hybridized carbons (Fsp3) is 0.120. The second kappa shape index (κ2) is 9.26. The van der Waals surface area contributed by atoms with Gasteiger partial charge in [0.1, 0.15) is 5.75 Å². The van der Waals surface area contributed by atoms with E-state index in [0.717, 1.165) is 5.56 Å². The van der Waals surface area contributed by atoms with Crippen molar-refractivity contribution in [3.8, 4) is 28.7 Å². The first kappa shape index (κ1) is 21.0. The van der Waals surface area contributed by atoms with Crippen molar-refractivity contribution in [1.29, 1.82) is 0 Å². The van der Waals surface area contributed by atoms with Gasteiger partial charge in [-0.15, -0.1) is 0 Å². The summed E-state index contributed by atoms with van der Waals surface area (Å²) in [7, 11) is 3.12. The molecule has 1 aliphatic rings. The number of ether oxygens (including phenoxy) is 5. The lowest BCUT2D eigenvalue weighted by atomic mass is 10.1. The zero-order chi connectivity index (χ0) is 22.5. The third kappa shape index (κ3) is 4.57. The summed E-state index contributed by atoms with van der Waals surface area (Å²) in [6, 6.07) is 16.6. The first-order chi connectivity index (χ1) is 15.6. The molecular formula is C25H20O7. The van der Waals surface area contributed by atoms with Gasteiger partial charge < -0.3 is 23.7 Å². The number of carbonyl (C=O) groups excluding carboxylic acids is 2. The van der Waals surface area contributed by atoms with Crippen molar-refractivity contribution >= 4 is 17.8 Å². The molecule has 0 radical (unpaired) electrons. The van der Waals surface area contributed by atoms with Gasteiger partial charge in [0.05, 0.1) is 19.8 Å². The highest BCUT2D eigenvalue weighted by atomic mass is 16.7. The molecule has 0 amide bonds. The average Bonchev–Trinajstić information content (AvgIpc) is 3.30. The highest BCUT2D eigenvalue weighted by molar-refractivity contribution is 6.07.